The van der Waals surface area contributed by atoms with Crippen molar-refractivity contribution in [2.45, 2.75) is 148 Å². The first-order valence-corrected chi connectivity index (χ1v) is 21.1. The van der Waals surface area contributed by atoms with Crippen LogP contribution in [0, 0.1) is 5.92 Å². The molecule has 1 saturated carbocycles. The van der Waals surface area contributed by atoms with Crippen molar-refractivity contribution in [2.75, 3.05) is 0 Å². The fourth-order valence-corrected chi connectivity index (χ4v) is 8.82. The number of ether oxygens (including phenoxy) is 1. The minimum absolute atomic E-state index is 0.0465. The smallest absolute Gasteiger partial charge is 0.335 e. The van der Waals surface area contributed by atoms with Crippen molar-refractivity contribution in [1.29, 1.82) is 0 Å². The summed E-state index contributed by atoms with van der Waals surface area (Å²) in [4.78, 5) is 47.9. The molecule has 6 nitrogen and oxygen atoms in total. The van der Waals surface area contributed by atoms with Gasteiger partial charge in [0.1, 0.15) is 23.6 Å². The van der Waals surface area contributed by atoms with Gasteiger partial charge in [-0.15, -0.1) is 0 Å². The average Bonchev–Trinajstić information content (AvgIpc) is 3.73. The minimum atomic E-state index is -0.938. The highest BCUT2D eigenvalue weighted by atomic mass is 16.6. The normalized spacial score (nSPS) is 17.4. The zero-order chi connectivity index (χ0) is 40.1. The molecule has 4 aromatic rings. The molecule has 1 unspecified atom stereocenters. The van der Waals surface area contributed by atoms with E-state index in [9.17, 15) is 19.2 Å². The van der Waals surface area contributed by atoms with E-state index < -0.39 is 11.6 Å². The third-order valence-corrected chi connectivity index (χ3v) is 12.0. The number of hydrogen-bond acceptors (Lipinski definition) is 5. The maximum atomic E-state index is 12.4. The summed E-state index contributed by atoms with van der Waals surface area (Å²) >= 11 is 0. The summed E-state index contributed by atoms with van der Waals surface area (Å²) in [6.45, 7) is 9.04. The number of hydrogen-bond donors (Lipinski definition) is 1. The molecule has 4 aromatic carbocycles. The summed E-state index contributed by atoms with van der Waals surface area (Å²) in [6.07, 6.45) is 15.1. The van der Waals surface area contributed by atoms with E-state index in [-0.39, 0.29) is 34.9 Å². The van der Waals surface area contributed by atoms with Crippen LogP contribution in [-0.2, 0) is 50.2 Å². The SMILES string of the molecule is CCCC(C)(C)c1cccc(CCC2(C3CCCC3)CC(=O)CC(=O)O2)c1.CCCCc1cccc(CCCC(=O)Cc2ccc3ccc(C(=O)O)cc3c2)c1. The second kappa shape index (κ2) is 20.0. The second-order valence-corrected chi connectivity index (χ2v) is 16.9. The molecule has 56 heavy (non-hydrogen) atoms. The highest BCUT2D eigenvalue weighted by Gasteiger charge is 2.47. The van der Waals surface area contributed by atoms with Crippen molar-refractivity contribution in [2.24, 2.45) is 5.92 Å². The molecule has 1 N–H and O–H groups in total. The topological polar surface area (TPSA) is 97.7 Å². The van der Waals surface area contributed by atoms with Gasteiger partial charge >= 0.3 is 11.9 Å². The number of fused-ring (bicyclic) bond motifs is 1. The van der Waals surface area contributed by atoms with Crippen LogP contribution in [0.3, 0.4) is 0 Å². The number of cyclic esters (lactones) is 1. The van der Waals surface area contributed by atoms with Gasteiger partial charge < -0.3 is 9.84 Å². The molecular weight excluding hydrogens is 697 g/mol. The van der Waals surface area contributed by atoms with E-state index in [1.54, 1.807) is 18.2 Å². The second-order valence-electron chi connectivity index (χ2n) is 16.9. The number of aryl methyl sites for hydroxylation is 3. The van der Waals surface area contributed by atoms with E-state index >= 15 is 0 Å². The molecule has 1 aliphatic carbocycles. The van der Waals surface area contributed by atoms with E-state index in [0.717, 1.165) is 67.7 Å². The predicted octanol–water partition coefficient (Wildman–Crippen LogP) is 11.5. The van der Waals surface area contributed by atoms with Gasteiger partial charge in [0, 0.05) is 19.3 Å². The van der Waals surface area contributed by atoms with Crippen LogP contribution in [0.2, 0.25) is 0 Å². The Morgan fingerprint density at radius 2 is 1.45 bits per heavy atom. The fourth-order valence-electron chi connectivity index (χ4n) is 8.82. The largest absolute Gasteiger partial charge is 0.478 e. The van der Waals surface area contributed by atoms with Crippen molar-refractivity contribution < 1.29 is 29.0 Å². The molecule has 1 heterocycles. The Labute approximate surface area is 334 Å². The van der Waals surface area contributed by atoms with Crippen molar-refractivity contribution in [3.05, 3.63) is 118 Å². The Hall–Kier alpha value is -4.58. The zero-order valence-corrected chi connectivity index (χ0v) is 34.2. The van der Waals surface area contributed by atoms with E-state index in [2.05, 4.69) is 76.2 Å². The number of rotatable bonds is 17. The lowest BCUT2D eigenvalue weighted by atomic mass is 9.75. The molecule has 1 aliphatic heterocycles. The number of Topliss-reactive ketones (excluding diaryl/α,β-unsaturated/α-hetero) is 2. The maximum Gasteiger partial charge on any atom is 0.335 e. The number of carbonyl (C=O) groups is 4. The average molecular weight is 759 g/mol. The van der Waals surface area contributed by atoms with E-state index in [1.807, 2.05) is 18.2 Å². The van der Waals surface area contributed by atoms with Crippen LogP contribution in [0.1, 0.15) is 149 Å². The van der Waals surface area contributed by atoms with Crippen LogP contribution in [0.4, 0.5) is 0 Å². The van der Waals surface area contributed by atoms with Crippen LogP contribution >= 0.6 is 0 Å². The Bertz CT molecular complexity index is 1950. The van der Waals surface area contributed by atoms with E-state index in [4.69, 9.17) is 9.84 Å². The van der Waals surface area contributed by atoms with E-state index in [0.29, 0.717) is 25.2 Å². The van der Waals surface area contributed by atoms with Crippen LogP contribution in [-0.4, -0.2) is 34.2 Å². The molecule has 6 heteroatoms. The molecule has 6 rings (SSSR count). The van der Waals surface area contributed by atoms with Gasteiger partial charge in [-0.25, -0.2) is 4.79 Å². The van der Waals surface area contributed by atoms with Gasteiger partial charge in [0.25, 0.3) is 0 Å². The summed E-state index contributed by atoms with van der Waals surface area (Å²) < 4.78 is 5.93. The van der Waals surface area contributed by atoms with Crippen molar-refractivity contribution in [3.63, 3.8) is 0 Å². The maximum absolute atomic E-state index is 12.4. The molecule has 0 aromatic heterocycles. The zero-order valence-electron chi connectivity index (χ0n) is 34.2. The third kappa shape index (κ3) is 12.0. The van der Waals surface area contributed by atoms with Crippen molar-refractivity contribution in [1.82, 2.24) is 0 Å². The molecule has 2 aliphatic rings. The Kier molecular flexibility index (Phi) is 15.2. The van der Waals surface area contributed by atoms with Crippen LogP contribution < -0.4 is 0 Å². The summed E-state index contributed by atoms with van der Waals surface area (Å²) in [5.74, 6) is -0.648. The van der Waals surface area contributed by atoms with Gasteiger partial charge in [-0.2, -0.15) is 0 Å². The van der Waals surface area contributed by atoms with Gasteiger partial charge in [0.15, 0.2) is 0 Å². The first-order chi connectivity index (χ1) is 26.9. The Morgan fingerprint density at radius 3 is 2.12 bits per heavy atom. The molecule has 0 radical (unpaired) electrons. The number of benzene rings is 4. The molecule has 2 fully saturated rings. The van der Waals surface area contributed by atoms with Crippen molar-refractivity contribution in [3.8, 4) is 0 Å². The van der Waals surface area contributed by atoms with Gasteiger partial charge in [0.05, 0.1) is 5.56 Å². The molecule has 0 spiro atoms. The monoisotopic (exact) mass is 758 g/mol. The van der Waals surface area contributed by atoms with Crippen LogP contribution in [0.15, 0.2) is 84.9 Å². The standard InChI is InChI=1S/C26H28O3.C24H34O3/c1-2-3-6-19-7-4-8-20(15-19)9-5-10-25(27)17-21-11-12-22-13-14-23(26(28)29)18-24(22)16-21;1-4-13-23(2,3)20-11-7-8-18(15-20)12-14-24(19-9-5-6-10-19)17-21(25)16-22(26)27-24/h4,7-8,11-16,18H,2-3,5-6,9-10,17H2,1H3,(H,28,29);7-8,11,15,19H,4-6,9-10,12-14,16-17H2,1-3H3. The molecule has 0 bridgehead atoms. The van der Waals surface area contributed by atoms with Gasteiger partial charge in [-0.1, -0.05) is 126 Å². The summed E-state index contributed by atoms with van der Waals surface area (Å²) in [7, 11) is 0. The Morgan fingerprint density at radius 1 is 0.768 bits per heavy atom. The summed E-state index contributed by atoms with van der Waals surface area (Å²) in [6, 6.07) is 28.4. The number of carbonyl (C=O) groups excluding carboxylic acids is 3. The number of carboxylic acids is 1. The Balaban J connectivity index is 0.000000215. The minimum Gasteiger partial charge on any atom is -0.478 e. The fraction of sp³-hybridized carbons (Fsp3) is 0.480. The molecule has 1 atom stereocenters. The molecule has 298 valence electrons. The number of unbranched alkanes of at least 4 members (excludes halogenated alkanes) is 1. The molecule has 0 amide bonds. The lowest BCUT2D eigenvalue weighted by molar-refractivity contribution is -0.178. The predicted molar refractivity (Wildman–Crippen MR) is 225 cm³/mol. The number of ketones is 2. The quantitative estimate of drug-likeness (QED) is 0.0850. The number of aromatic carboxylic acids is 1. The lowest BCUT2D eigenvalue weighted by Crippen LogP contribution is -2.48. The highest BCUT2D eigenvalue weighted by molar-refractivity contribution is 5.98. The summed E-state index contributed by atoms with van der Waals surface area (Å²) in [5.41, 5.74) is 6.13. The van der Waals surface area contributed by atoms with Crippen LogP contribution in [0.5, 0.6) is 0 Å². The summed E-state index contributed by atoms with van der Waals surface area (Å²) in [5, 5.41) is 11.0. The molecule has 1 saturated heterocycles. The van der Waals surface area contributed by atoms with Gasteiger partial charge in [-0.3, -0.25) is 14.4 Å². The number of carboxylic acid groups (broad SMARTS) is 1. The molecular formula is C50H62O6. The van der Waals surface area contributed by atoms with Crippen LogP contribution in [0.25, 0.3) is 10.8 Å². The third-order valence-electron chi connectivity index (χ3n) is 12.0. The first-order valence-electron chi connectivity index (χ1n) is 21.1. The van der Waals surface area contributed by atoms with Gasteiger partial charge in [0.2, 0.25) is 0 Å². The van der Waals surface area contributed by atoms with Crippen molar-refractivity contribution >= 4 is 34.3 Å². The lowest BCUT2D eigenvalue weighted by Gasteiger charge is -2.41. The van der Waals surface area contributed by atoms with E-state index in [1.165, 1.54) is 54.4 Å². The number of esters is 1. The highest BCUT2D eigenvalue weighted by Crippen LogP contribution is 2.44. The first kappa shape index (κ1) is 42.6. The van der Waals surface area contributed by atoms with Gasteiger partial charge in [-0.05, 0) is 120 Å².